The topological polar surface area (TPSA) is 60.7 Å². The van der Waals surface area contributed by atoms with Crippen LogP contribution in [-0.4, -0.2) is 22.8 Å². The summed E-state index contributed by atoms with van der Waals surface area (Å²) in [4.78, 5) is 0. The van der Waals surface area contributed by atoms with Crippen LogP contribution >= 0.6 is 0 Å². The number of hydrogen-bond acceptors (Lipinski definition) is 3. The highest BCUT2D eigenvalue weighted by Gasteiger charge is 1.84. The second kappa shape index (κ2) is 6.45. The third kappa shape index (κ3) is 4.54. The maximum atomic E-state index is 8.82. The molecule has 0 atom stereocenters. The van der Waals surface area contributed by atoms with Crippen molar-refractivity contribution in [2.24, 2.45) is 0 Å². The van der Waals surface area contributed by atoms with Gasteiger partial charge in [-0.2, -0.15) is 0 Å². The van der Waals surface area contributed by atoms with Gasteiger partial charge in [0.2, 0.25) is 0 Å². The fraction of sp³-hybridized carbons (Fsp3) is 0. The van der Waals surface area contributed by atoms with Crippen LogP contribution in [0.15, 0.2) is 30.8 Å². The third-order valence-corrected chi connectivity index (χ3v) is 1.13. The normalized spacial score (nSPS) is 7.83. The van der Waals surface area contributed by atoms with Crippen LogP contribution in [0, 0.1) is 0 Å². The first-order valence-corrected chi connectivity index (χ1v) is 3.37. The maximum Gasteiger partial charge on any atom is 0.432 e. The van der Waals surface area contributed by atoms with Gasteiger partial charge in [-0.3, -0.25) is 0 Å². The fourth-order valence-corrected chi connectivity index (χ4v) is 0.610. The molecule has 1 rings (SSSR count). The molecule has 4 heteroatoms. The van der Waals surface area contributed by atoms with E-state index < -0.39 is 7.69 Å². The molecule has 1 aromatic carbocycles. The fourth-order valence-electron chi connectivity index (χ4n) is 0.610. The molecule has 0 radical (unpaired) electrons. The van der Waals surface area contributed by atoms with Crippen LogP contribution in [-0.2, 0) is 0 Å². The molecule has 0 aromatic heterocycles. The first-order chi connectivity index (χ1) is 5.74. The van der Waals surface area contributed by atoms with Crippen molar-refractivity contribution in [1.29, 1.82) is 0 Å². The summed E-state index contributed by atoms with van der Waals surface area (Å²) in [5.41, 5.74) is 1.02. The molecule has 0 bridgehead atoms. The Kier molecular flexibility index (Phi) is 5.78. The monoisotopic (exact) mass is 166 g/mol. The van der Waals surface area contributed by atoms with Gasteiger partial charge in [-0.25, -0.2) is 0 Å². The molecule has 0 aliphatic carbocycles. The Hall–Kier alpha value is -1.26. The summed E-state index contributed by atoms with van der Waals surface area (Å²) in [6.07, 6.45) is 1.74. The summed E-state index contributed by atoms with van der Waals surface area (Å²) in [7, 11) is -0.750. The molecule has 0 aliphatic rings. The number of benzene rings is 1. The molecule has 0 heterocycles. The van der Waals surface area contributed by atoms with E-state index in [1.807, 2.05) is 12.1 Å². The van der Waals surface area contributed by atoms with Crippen LogP contribution in [0.25, 0.3) is 6.08 Å². The van der Waals surface area contributed by atoms with Crippen molar-refractivity contribution in [3.8, 4) is 5.75 Å². The van der Waals surface area contributed by atoms with Gasteiger partial charge in [0, 0.05) is 0 Å². The maximum absolute atomic E-state index is 8.82. The molecular formula is C8H11BO3. The summed E-state index contributed by atoms with van der Waals surface area (Å²) < 4.78 is 0. The van der Waals surface area contributed by atoms with Crippen molar-refractivity contribution in [2.75, 3.05) is 0 Å². The Morgan fingerprint density at radius 3 is 1.92 bits per heavy atom. The molecular weight excluding hydrogens is 155 g/mol. The van der Waals surface area contributed by atoms with Gasteiger partial charge in [0.05, 0.1) is 0 Å². The minimum absolute atomic E-state index is 0.292. The van der Waals surface area contributed by atoms with E-state index in [1.165, 1.54) is 0 Å². The quantitative estimate of drug-likeness (QED) is 0.525. The van der Waals surface area contributed by atoms with Crippen LogP contribution in [0.3, 0.4) is 0 Å². The smallest absolute Gasteiger partial charge is 0.432 e. The Balaban J connectivity index is 0.000000354. The van der Waals surface area contributed by atoms with Gasteiger partial charge in [-0.05, 0) is 17.7 Å². The number of phenols is 1. The molecule has 1 aromatic rings. The summed E-state index contributed by atoms with van der Waals surface area (Å²) in [5.74, 6) is 0.292. The van der Waals surface area contributed by atoms with Crippen molar-refractivity contribution >= 4 is 13.8 Å². The minimum Gasteiger partial charge on any atom is -0.508 e. The number of phenolic OH excluding ortho intramolecular Hbond substituents is 1. The number of hydrogen-bond donors (Lipinski definition) is 3. The van der Waals surface area contributed by atoms with Crippen LogP contribution in [0.2, 0.25) is 0 Å². The lowest BCUT2D eigenvalue weighted by Gasteiger charge is -1.90. The largest absolute Gasteiger partial charge is 0.508 e. The Labute approximate surface area is 71.9 Å². The van der Waals surface area contributed by atoms with E-state index >= 15 is 0 Å². The Bertz CT molecular complexity index is 220. The SMILES string of the molecule is C=Cc1ccc(O)cc1.OBO. The first kappa shape index (κ1) is 10.7. The Morgan fingerprint density at radius 2 is 1.58 bits per heavy atom. The summed E-state index contributed by atoms with van der Waals surface area (Å²) in [6, 6.07) is 6.89. The van der Waals surface area contributed by atoms with Crippen molar-refractivity contribution in [3.05, 3.63) is 36.4 Å². The average molecular weight is 166 g/mol. The van der Waals surface area contributed by atoms with Gasteiger partial charge >= 0.3 is 7.69 Å². The van der Waals surface area contributed by atoms with E-state index in [9.17, 15) is 0 Å². The van der Waals surface area contributed by atoms with E-state index in [4.69, 9.17) is 15.2 Å². The predicted molar refractivity (Wildman–Crippen MR) is 49.8 cm³/mol. The zero-order chi connectivity index (χ0) is 9.40. The van der Waals surface area contributed by atoms with Crippen LogP contribution in [0.1, 0.15) is 5.56 Å². The molecule has 0 saturated heterocycles. The van der Waals surface area contributed by atoms with E-state index in [1.54, 1.807) is 18.2 Å². The molecule has 0 saturated carbocycles. The molecule has 64 valence electrons. The second-order valence-electron chi connectivity index (χ2n) is 1.94. The van der Waals surface area contributed by atoms with E-state index in [-0.39, 0.29) is 0 Å². The van der Waals surface area contributed by atoms with Crippen LogP contribution in [0.4, 0.5) is 0 Å². The zero-order valence-corrected chi connectivity index (χ0v) is 6.64. The highest BCUT2D eigenvalue weighted by Crippen LogP contribution is 2.09. The van der Waals surface area contributed by atoms with Gasteiger partial charge in [0.15, 0.2) is 0 Å². The van der Waals surface area contributed by atoms with Crippen molar-refractivity contribution < 1.29 is 15.2 Å². The molecule has 0 spiro atoms. The number of aromatic hydroxyl groups is 1. The molecule has 3 N–H and O–H groups in total. The highest BCUT2D eigenvalue weighted by atomic mass is 16.4. The van der Waals surface area contributed by atoms with E-state index in [2.05, 4.69) is 6.58 Å². The average Bonchev–Trinajstić information content (AvgIpc) is 2.07. The summed E-state index contributed by atoms with van der Waals surface area (Å²) >= 11 is 0. The van der Waals surface area contributed by atoms with Crippen LogP contribution in [0.5, 0.6) is 5.75 Å². The molecule has 0 fully saturated rings. The van der Waals surface area contributed by atoms with Gasteiger partial charge in [-0.15, -0.1) is 0 Å². The lowest BCUT2D eigenvalue weighted by atomic mass is 10.2. The first-order valence-electron chi connectivity index (χ1n) is 3.37. The van der Waals surface area contributed by atoms with Gasteiger partial charge in [0.1, 0.15) is 5.75 Å². The minimum atomic E-state index is -0.750. The van der Waals surface area contributed by atoms with Gasteiger partial charge in [0.25, 0.3) is 0 Å². The van der Waals surface area contributed by atoms with E-state index in [0.717, 1.165) is 5.56 Å². The lowest BCUT2D eigenvalue weighted by molar-refractivity contribution is 0.448. The predicted octanol–water partition coefficient (Wildman–Crippen LogP) is 0.273. The van der Waals surface area contributed by atoms with Crippen molar-refractivity contribution in [2.45, 2.75) is 0 Å². The summed E-state index contributed by atoms with van der Waals surface area (Å²) in [5, 5.41) is 23.1. The lowest BCUT2D eigenvalue weighted by Crippen LogP contribution is -1.75. The standard InChI is InChI=1S/C8H8O.BH3O2/c1-2-7-3-5-8(9)6-4-7;2-1-3/h2-6,9H,1H2;1-3H. The second-order valence-corrected chi connectivity index (χ2v) is 1.94. The molecule has 0 aliphatic heterocycles. The molecule has 12 heavy (non-hydrogen) atoms. The highest BCUT2D eigenvalue weighted by molar-refractivity contribution is 6.13. The van der Waals surface area contributed by atoms with Gasteiger partial charge < -0.3 is 15.2 Å². The summed E-state index contributed by atoms with van der Waals surface area (Å²) in [6.45, 7) is 3.58. The Morgan fingerprint density at radius 1 is 1.17 bits per heavy atom. The molecule has 0 amide bonds. The van der Waals surface area contributed by atoms with Crippen molar-refractivity contribution in [3.63, 3.8) is 0 Å². The van der Waals surface area contributed by atoms with Gasteiger partial charge in [-0.1, -0.05) is 24.8 Å². The number of rotatable bonds is 1. The van der Waals surface area contributed by atoms with Crippen LogP contribution < -0.4 is 0 Å². The van der Waals surface area contributed by atoms with E-state index in [0.29, 0.717) is 5.75 Å². The van der Waals surface area contributed by atoms with Crippen molar-refractivity contribution in [1.82, 2.24) is 0 Å². The zero-order valence-electron chi connectivity index (χ0n) is 6.64. The molecule has 3 nitrogen and oxygen atoms in total. The molecule has 0 unspecified atom stereocenters. The third-order valence-electron chi connectivity index (χ3n) is 1.13.